The standard InChI is InChI=1S/C13H15IN2O2/c1-8(17)16-12-4-3-9(18-2)7-11(12)10(5-6-15)13(16)14/h3-4,7H,5-6,15H2,1-2H3. The van der Waals surface area contributed by atoms with Gasteiger partial charge in [-0.25, -0.2) is 0 Å². The summed E-state index contributed by atoms with van der Waals surface area (Å²) in [7, 11) is 1.64. The van der Waals surface area contributed by atoms with Crippen LogP contribution in [0.25, 0.3) is 10.9 Å². The zero-order valence-corrected chi connectivity index (χ0v) is 12.5. The number of hydrogen-bond donors (Lipinski definition) is 1. The predicted octanol–water partition coefficient (Wildman–Crippen LogP) is 2.42. The Hall–Kier alpha value is -1.08. The maximum absolute atomic E-state index is 11.7. The van der Waals surface area contributed by atoms with Crippen molar-refractivity contribution in [3.8, 4) is 5.75 Å². The fourth-order valence-electron chi connectivity index (χ4n) is 2.12. The second-order valence-electron chi connectivity index (χ2n) is 4.05. The van der Waals surface area contributed by atoms with E-state index in [0.29, 0.717) is 6.54 Å². The van der Waals surface area contributed by atoms with Crippen molar-refractivity contribution in [2.24, 2.45) is 5.73 Å². The van der Waals surface area contributed by atoms with Crippen LogP contribution in [0, 0.1) is 3.70 Å². The highest BCUT2D eigenvalue weighted by Gasteiger charge is 2.17. The molecule has 1 aromatic heterocycles. The van der Waals surface area contributed by atoms with Crippen LogP contribution in [0.15, 0.2) is 18.2 Å². The van der Waals surface area contributed by atoms with Crippen molar-refractivity contribution in [1.29, 1.82) is 0 Å². The van der Waals surface area contributed by atoms with Gasteiger partial charge in [-0.1, -0.05) is 0 Å². The van der Waals surface area contributed by atoms with E-state index in [4.69, 9.17) is 10.5 Å². The molecule has 0 saturated carbocycles. The molecule has 0 aliphatic rings. The van der Waals surface area contributed by atoms with Crippen molar-refractivity contribution in [2.45, 2.75) is 13.3 Å². The lowest BCUT2D eigenvalue weighted by molar-refractivity contribution is 0.0939. The maximum Gasteiger partial charge on any atom is 0.228 e. The second-order valence-corrected chi connectivity index (χ2v) is 5.07. The third kappa shape index (κ3) is 2.12. The average molecular weight is 358 g/mol. The van der Waals surface area contributed by atoms with Gasteiger partial charge in [0, 0.05) is 12.3 Å². The molecule has 0 bridgehead atoms. The summed E-state index contributed by atoms with van der Waals surface area (Å²) in [5, 5.41) is 1.04. The number of nitrogens with two attached hydrogens (primary N) is 1. The van der Waals surface area contributed by atoms with Gasteiger partial charge in [0.05, 0.1) is 16.3 Å². The van der Waals surface area contributed by atoms with E-state index in [1.807, 2.05) is 18.2 Å². The number of aromatic nitrogens is 1. The highest BCUT2D eigenvalue weighted by Crippen LogP contribution is 2.30. The summed E-state index contributed by atoms with van der Waals surface area (Å²) < 4.78 is 7.90. The summed E-state index contributed by atoms with van der Waals surface area (Å²) in [6.07, 6.45) is 0.752. The van der Waals surface area contributed by atoms with E-state index in [1.54, 1.807) is 18.6 Å². The van der Waals surface area contributed by atoms with Crippen molar-refractivity contribution in [2.75, 3.05) is 13.7 Å². The van der Waals surface area contributed by atoms with Crippen LogP contribution in [0.3, 0.4) is 0 Å². The molecule has 2 rings (SSSR count). The van der Waals surface area contributed by atoms with Crippen LogP contribution in [-0.4, -0.2) is 24.1 Å². The molecule has 96 valence electrons. The Morgan fingerprint density at radius 2 is 2.22 bits per heavy atom. The largest absolute Gasteiger partial charge is 0.497 e. The summed E-state index contributed by atoms with van der Waals surface area (Å²) in [5.41, 5.74) is 7.67. The highest BCUT2D eigenvalue weighted by molar-refractivity contribution is 14.1. The molecule has 0 aliphatic carbocycles. The van der Waals surface area contributed by atoms with E-state index in [0.717, 1.165) is 32.3 Å². The normalized spacial score (nSPS) is 10.9. The summed E-state index contributed by atoms with van der Waals surface area (Å²) in [6, 6.07) is 5.74. The molecule has 0 aliphatic heterocycles. The van der Waals surface area contributed by atoms with Crippen LogP contribution in [0.2, 0.25) is 0 Å². The molecule has 0 unspecified atom stereocenters. The molecule has 0 fully saturated rings. The first-order valence-corrected chi connectivity index (χ1v) is 6.75. The molecule has 1 aromatic carbocycles. The lowest BCUT2D eigenvalue weighted by Crippen LogP contribution is -2.09. The minimum absolute atomic E-state index is 0.0119. The Kier molecular flexibility index (Phi) is 3.91. The number of methoxy groups -OCH3 is 1. The van der Waals surface area contributed by atoms with E-state index >= 15 is 0 Å². The number of nitrogens with zero attached hydrogens (tertiary/aromatic N) is 1. The van der Waals surface area contributed by atoms with Crippen molar-refractivity contribution in [3.05, 3.63) is 27.5 Å². The quantitative estimate of drug-likeness (QED) is 0.858. The van der Waals surface area contributed by atoms with Gasteiger partial charge in [0.25, 0.3) is 0 Å². The van der Waals surface area contributed by atoms with Gasteiger partial charge in [-0.15, -0.1) is 0 Å². The zero-order chi connectivity index (χ0) is 13.3. The highest BCUT2D eigenvalue weighted by atomic mass is 127. The monoisotopic (exact) mass is 358 g/mol. The smallest absolute Gasteiger partial charge is 0.228 e. The van der Waals surface area contributed by atoms with Crippen molar-refractivity contribution >= 4 is 39.4 Å². The molecule has 0 spiro atoms. The van der Waals surface area contributed by atoms with Gasteiger partial charge in [0.1, 0.15) is 5.75 Å². The number of rotatable bonds is 3. The van der Waals surface area contributed by atoms with Gasteiger partial charge in [0.2, 0.25) is 5.91 Å². The molecule has 4 nitrogen and oxygen atoms in total. The Morgan fingerprint density at radius 3 is 2.78 bits per heavy atom. The number of benzene rings is 1. The van der Waals surface area contributed by atoms with E-state index in [-0.39, 0.29) is 5.91 Å². The molecular formula is C13H15IN2O2. The molecule has 2 aromatic rings. The number of halogens is 1. The number of hydrogen-bond acceptors (Lipinski definition) is 3. The summed E-state index contributed by atoms with van der Waals surface area (Å²) in [4.78, 5) is 11.7. The van der Waals surface area contributed by atoms with E-state index in [2.05, 4.69) is 22.6 Å². The van der Waals surface area contributed by atoms with Gasteiger partial charge in [-0.05, 0) is 59.3 Å². The van der Waals surface area contributed by atoms with Gasteiger partial charge in [-0.3, -0.25) is 9.36 Å². The van der Waals surface area contributed by atoms with Crippen LogP contribution in [0.5, 0.6) is 5.75 Å². The Labute approximate surface area is 119 Å². The lowest BCUT2D eigenvalue weighted by Gasteiger charge is -2.02. The Balaban J connectivity index is 2.78. The molecule has 0 amide bonds. The zero-order valence-electron chi connectivity index (χ0n) is 10.4. The van der Waals surface area contributed by atoms with Crippen molar-refractivity contribution in [1.82, 2.24) is 4.57 Å². The molecule has 0 radical (unpaired) electrons. The van der Waals surface area contributed by atoms with Gasteiger partial charge < -0.3 is 10.5 Å². The molecular weight excluding hydrogens is 343 g/mol. The van der Waals surface area contributed by atoms with Crippen LogP contribution in [0.1, 0.15) is 17.3 Å². The van der Waals surface area contributed by atoms with E-state index in [9.17, 15) is 4.79 Å². The molecule has 1 heterocycles. The van der Waals surface area contributed by atoms with Crippen molar-refractivity contribution < 1.29 is 9.53 Å². The summed E-state index contributed by atoms with van der Waals surface area (Å²) >= 11 is 2.20. The third-order valence-corrected chi connectivity index (χ3v) is 4.06. The number of carbonyl (C=O) groups excluding carboxylic acids is 1. The van der Waals surface area contributed by atoms with Crippen LogP contribution < -0.4 is 10.5 Å². The minimum Gasteiger partial charge on any atom is -0.497 e. The molecule has 18 heavy (non-hydrogen) atoms. The van der Waals surface area contributed by atoms with Crippen LogP contribution in [0.4, 0.5) is 0 Å². The summed E-state index contributed by atoms with van der Waals surface area (Å²) in [6.45, 7) is 2.13. The SMILES string of the molecule is COc1ccc2c(c1)c(CCN)c(I)n2C(C)=O. The predicted molar refractivity (Wildman–Crippen MR) is 80.3 cm³/mol. The molecule has 2 N–H and O–H groups in total. The van der Waals surface area contributed by atoms with Gasteiger partial charge in [0.15, 0.2) is 0 Å². The molecule has 5 heteroatoms. The average Bonchev–Trinajstić information content (AvgIpc) is 2.62. The first-order valence-electron chi connectivity index (χ1n) is 5.68. The first-order chi connectivity index (χ1) is 8.60. The van der Waals surface area contributed by atoms with Gasteiger partial charge in [-0.2, -0.15) is 0 Å². The van der Waals surface area contributed by atoms with Crippen LogP contribution in [-0.2, 0) is 6.42 Å². The maximum atomic E-state index is 11.7. The third-order valence-electron chi connectivity index (χ3n) is 2.92. The van der Waals surface area contributed by atoms with Crippen molar-refractivity contribution in [3.63, 3.8) is 0 Å². The second kappa shape index (κ2) is 5.27. The fourth-order valence-corrected chi connectivity index (χ4v) is 3.28. The Morgan fingerprint density at radius 1 is 1.50 bits per heavy atom. The number of fused-ring (bicyclic) bond motifs is 1. The van der Waals surface area contributed by atoms with E-state index in [1.165, 1.54) is 0 Å². The summed E-state index contributed by atoms with van der Waals surface area (Å²) in [5.74, 6) is 0.802. The molecule has 0 saturated heterocycles. The van der Waals surface area contributed by atoms with E-state index < -0.39 is 0 Å². The molecule has 0 atom stereocenters. The number of carbonyl (C=O) groups is 1. The van der Waals surface area contributed by atoms with Crippen LogP contribution >= 0.6 is 22.6 Å². The Bertz CT molecular complexity index is 605. The first kappa shape index (κ1) is 13.4. The number of ether oxygens (including phenoxy) is 1. The lowest BCUT2D eigenvalue weighted by atomic mass is 10.1. The minimum atomic E-state index is 0.0119. The topological polar surface area (TPSA) is 57.2 Å². The van der Waals surface area contributed by atoms with Gasteiger partial charge >= 0.3 is 0 Å². The fraction of sp³-hybridized carbons (Fsp3) is 0.308.